The molecule has 87 heavy (non-hydrogen) atoms. The van der Waals surface area contributed by atoms with E-state index in [9.17, 15) is 0 Å². The summed E-state index contributed by atoms with van der Waals surface area (Å²) in [5, 5.41) is 12.0. The molecule has 2 heterocycles. The molecular formula is C83H64N2O2. The highest BCUT2D eigenvalue weighted by atomic mass is 16.3. The minimum absolute atomic E-state index is 0.125. The van der Waals surface area contributed by atoms with Gasteiger partial charge in [-0.3, -0.25) is 0 Å². The molecule has 0 saturated carbocycles. The smallest absolute Gasteiger partial charge is 0.159 e. The van der Waals surface area contributed by atoms with Crippen molar-refractivity contribution in [2.75, 3.05) is 9.80 Å². The van der Waals surface area contributed by atoms with E-state index in [1.807, 2.05) is 0 Å². The van der Waals surface area contributed by atoms with Crippen molar-refractivity contribution in [1.29, 1.82) is 0 Å². The van der Waals surface area contributed by atoms with Crippen molar-refractivity contribution in [3.05, 3.63) is 287 Å². The molecule has 2 aromatic heterocycles. The van der Waals surface area contributed by atoms with E-state index < -0.39 is 5.41 Å². The second-order valence-electron chi connectivity index (χ2n) is 26.5. The van der Waals surface area contributed by atoms with Gasteiger partial charge >= 0.3 is 0 Å². The Morgan fingerprint density at radius 1 is 0.276 bits per heavy atom. The molecule has 15 aromatic rings. The van der Waals surface area contributed by atoms with Gasteiger partial charge < -0.3 is 18.6 Å². The van der Waals surface area contributed by atoms with Gasteiger partial charge in [-0.2, -0.15) is 0 Å². The van der Waals surface area contributed by atoms with Gasteiger partial charge in [-0.15, -0.1) is 0 Å². The molecule has 17 rings (SSSR count). The van der Waals surface area contributed by atoms with E-state index >= 15 is 0 Å². The average molecular weight is 1120 g/mol. The molecule has 13 aromatic carbocycles. The van der Waals surface area contributed by atoms with Crippen molar-refractivity contribution in [3.8, 4) is 22.3 Å². The molecule has 0 fully saturated rings. The van der Waals surface area contributed by atoms with Gasteiger partial charge in [0, 0.05) is 55.4 Å². The molecule has 0 amide bonds. The van der Waals surface area contributed by atoms with Crippen LogP contribution in [0.25, 0.3) is 98.4 Å². The molecule has 0 bridgehead atoms. The third-order valence-electron chi connectivity index (χ3n) is 19.2. The Kier molecular flexibility index (Phi) is 10.9. The van der Waals surface area contributed by atoms with E-state index in [0.29, 0.717) is 0 Å². The first-order chi connectivity index (χ1) is 42.2. The number of hydrogen-bond acceptors (Lipinski definition) is 4. The maximum atomic E-state index is 7.25. The topological polar surface area (TPSA) is 32.8 Å². The van der Waals surface area contributed by atoms with E-state index in [4.69, 9.17) is 8.83 Å². The highest BCUT2D eigenvalue weighted by molar-refractivity contribution is 6.26. The van der Waals surface area contributed by atoms with Crippen molar-refractivity contribution in [2.24, 2.45) is 0 Å². The average Bonchev–Trinajstić information content (AvgIpc) is 1.53. The lowest BCUT2D eigenvalue weighted by atomic mass is 9.70. The molecule has 0 unspecified atom stereocenters. The van der Waals surface area contributed by atoms with Crippen LogP contribution in [0.5, 0.6) is 0 Å². The fraction of sp³-hybridized carbons (Fsp3) is 0.133. The van der Waals surface area contributed by atoms with Crippen LogP contribution in [0.15, 0.2) is 251 Å². The summed E-state index contributed by atoms with van der Waals surface area (Å²) in [7, 11) is 0. The van der Waals surface area contributed by atoms with Gasteiger partial charge in [-0.25, -0.2) is 0 Å². The number of fused-ring (bicyclic) bond motifs is 22. The summed E-state index contributed by atoms with van der Waals surface area (Å²) in [5.41, 5.74) is 23.5. The number of hydrogen-bond donors (Lipinski definition) is 0. The lowest BCUT2D eigenvalue weighted by Crippen LogP contribution is -2.26. The summed E-state index contributed by atoms with van der Waals surface area (Å²) in [4.78, 5) is 4.87. The Morgan fingerprint density at radius 3 is 1.09 bits per heavy atom. The van der Waals surface area contributed by atoms with E-state index in [0.717, 1.165) is 78.0 Å². The first-order valence-corrected chi connectivity index (χ1v) is 30.6. The molecule has 4 heteroatoms. The van der Waals surface area contributed by atoms with E-state index in [1.54, 1.807) is 0 Å². The van der Waals surface area contributed by atoms with Crippen LogP contribution in [-0.4, -0.2) is 0 Å². The van der Waals surface area contributed by atoms with Crippen LogP contribution >= 0.6 is 0 Å². The molecule has 4 nitrogen and oxygen atoms in total. The second kappa shape index (κ2) is 18.4. The normalized spacial score (nSPS) is 13.4. The highest BCUT2D eigenvalue weighted by Crippen LogP contribution is 2.65. The number of para-hydroxylation sites is 4. The minimum atomic E-state index is -0.776. The lowest BCUT2D eigenvalue weighted by Gasteiger charge is -2.33. The summed E-state index contributed by atoms with van der Waals surface area (Å²) in [5.74, 6) is 0. The number of rotatable bonds is 6. The van der Waals surface area contributed by atoms with E-state index in [2.05, 4.69) is 308 Å². The number of furan rings is 2. The van der Waals surface area contributed by atoms with Crippen molar-refractivity contribution in [1.82, 2.24) is 0 Å². The summed E-state index contributed by atoms with van der Waals surface area (Å²) in [6.07, 6.45) is 0. The molecule has 0 N–H and O–H groups in total. The standard InChI is InChI=1S/C83H64N2O2/c1-49-33-37-51(38-34-49)84(75-31-17-26-64-62-24-15-29-70(81(3,4)5)77(62)86-79(64)75)53-41-43-60-61-44-42-54(85(52-39-35-50(2)36-40-52)76-32-18-27-65-63-25-16-30-71(82(6,7)8)78(63)87-80(65)76)46-73(61)83(72(60)45-53)69-28-14-13-23-59(69)68-47-66-57-21-11-9-19-55(57)56-20-10-12-22-58(56)67(66)48-74(68)83/h9-48H,1-8H3. The van der Waals surface area contributed by atoms with Gasteiger partial charge in [-0.05, 0) is 174 Å². The molecule has 0 radical (unpaired) electrons. The Labute approximate surface area is 507 Å². The molecule has 2 aliphatic carbocycles. The van der Waals surface area contributed by atoms with Crippen molar-refractivity contribution in [2.45, 2.75) is 71.6 Å². The molecule has 418 valence electrons. The van der Waals surface area contributed by atoms with Crippen LogP contribution in [0.4, 0.5) is 34.1 Å². The van der Waals surface area contributed by atoms with Gasteiger partial charge in [0.05, 0.1) is 16.8 Å². The quantitative estimate of drug-likeness (QED) is 0.155. The molecular weight excluding hydrogens is 1060 g/mol. The second-order valence-corrected chi connectivity index (χ2v) is 26.5. The Balaban J connectivity index is 0.972. The predicted molar refractivity (Wildman–Crippen MR) is 366 cm³/mol. The van der Waals surface area contributed by atoms with Gasteiger partial charge in [0.15, 0.2) is 11.2 Å². The van der Waals surface area contributed by atoms with E-state index in [-0.39, 0.29) is 10.8 Å². The third-order valence-corrected chi connectivity index (χ3v) is 19.2. The first kappa shape index (κ1) is 51.3. The maximum Gasteiger partial charge on any atom is 0.159 e. The number of benzene rings is 13. The Bertz CT molecular complexity index is 5160. The fourth-order valence-electron chi connectivity index (χ4n) is 15.2. The zero-order valence-corrected chi connectivity index (χ0v) is 50.3. The molecule has 0 saturated heterocycles. The van der Waals surface area contributed by atoms with Gasteiger partial charge in [0.25, 0.3) is 0 Å². The van der Waals surface area contributed by atoms with Crippen LogP contribution in [0.2, 0.25) is 0 Å². The van der Waals surface area contributed by atoms with Crippen LogP contribution in [-0.2, 0) is 16.2 Å². The van der Waals surface area contributed by atoms with Crippen molar-refractivity contribution < 1.29 is 8.83 Å². The van der Waals surface area contributed by atoms with Gasteiger partial charge in [0.2, 0.25) is 0 Å². The lowest BCUT2D eigenvalue weighted by molar-refractivity contribution is 0.572. The number of anilines is 6. The van der Waals surface area contributed by atoms with Crippen LogP contribution in [0.3, 0.4) is 0 Å². The zero-order valence-electron chi connectivity index (χ0n) is 50.3. The largest absolute Gasteiger partial charge is 0.454 e. The first-order valence-electron chi connectivity index (χ1n) is 30.6. The summed E-state index contributed by atoms with van der Waals surface area (Å²) < 4.78 is 14.5. The van der Waals surface area contributed by atoms with Crippen LogP contribution in [0, 0.1) is 13.8 Å². The van der Waals surface area contributed by atoms with Crippen molar-refractivity contribution >= 4 is 110 Å². The van der Waals surface area contributed by atoms with Gasteiger partial charge in [0.1, 0.15) is 11.2 Å². The predicted octanol–water partition coefficient (Wildman–Crippen LogP) is 23.4. The zero-order chi connectivity index (χ0) is 58.8. The Morgan fingerprint density at radius 2 is 0.632 bits per heavy atom. The summed E-state index contributed by atoms with van der Waals surface area (Å²) in [6.45, 7) is 17.9. The van der Waals surface area contributed by atoms with Gasteiger partial charge in [-0.1, -0.05) is 223 Å². The molecule has 0 atom stereocenters. The summed E-state index contributed by atoms with van der Waals surface area (Å²) in [6, 6.07) is 91.3. The highest BCUT2D eigenvalue weighted by Gasteiger charge is 2.52. The van der Waals surface area contributed by atoms with Crippen LogP contribution < -0.4 is 9.80 Å². The monoisotopic (exact) mass is 1120 g/mol. The fourth-order valence-corrected chi connectivity index (χ4v) is 15.2. The third kappa shape index (κ3) is 7.37. The Hall–Kier alpha value is -10.2. The molecule has 1 spiro atoms. The number of nitrogens with zero attached hydrogens (tertiary/aromatic N) is 2. The van der Waals surface area contributed by atoms with Crippen molar-refractivity contribution in [3.63, 3.8) is 0 Å². The molecule has 0 aliphatic heterocycles. The van der Waals surface area contributed by atoms with Crippen LogP contribution in [0.1, 0.15) is 86.1 Å². The molecule has 2 aliphatic rings. The SMILES string of the molecule is Cc1ccc(N(c2ccc3c(c2)C2(c4ccccc4-c4cc5c6ccccc6c6ccccc6c5cc42)c2cc(N(c4ccc(C)cc4)c4cccc5c4oc4c(C(C)(C)C)cccc45)ccc2-3)c2cccc3c2oc2c(C(C)(C)C)cccc23)cc1. The minimum Gasteiger partial charge on any atom is -0.454 e. The summed E-state index contributed by atoms with van der Waals surface area (Å²) >= 11 is 0. The van der Waals surface area contributed by atoms with E-state index in [1.165, 1.54) is 99.1 Å². The number of aryl methyl sites for hydroxylation is 2. The maximum absolute atomic E-state index is 7.25.